The SMILES string of the molecule is Cc1ccc(S(=O)(=O)N(CC(=O)Nc2ccccc2C(=O)NCc2cccnc2)c2cccc(C)c2C)cc1. The third-order valence-electron chi connectivity index (χ3n) is 6.36. The highest BCUT2D eigenvalue weighted by Crippen LogP contribution is 2.29. The van der Waals surface area contributed by atoms with Crippen molar-refractivity contribution in [1.29, 1.82) is 0 Å². The predicted molar refractivity (Wildman–Crippen MR) is 152 cm³/mol. The number of para-hydroxylation sites is 1. The van der Waals surface area contributed by atoms with Crippen LogP contribution in [0, 0.1) is 20.8 Å². The number of pyridine rings is 1. The van der Waals surface area contributed by atoms with E-state index in [0.29, 0.717) is 5.69 Å². The van der Waals surface area contributed by atoms with E-state index in [-0.39, 0.29) is 28.6 Å². The Morgan fingerprint density at radius 3 is 2.33 bits per heavy atom. The number of hydrogen-bond acceptors (Lipinski definition) is 5. The van der Waals surface area contributed by atoms with Crippen molar-refractivity contribution in [3.63, 3.8) is 0 Å². The van der Waals surface area contributed by atoms with E-state index < -0.39 is 22.5 Å². The number of nitrogens with one attached hydrogen (secondary N) is 2. The molecular weight excluding hydrogens is 512 g/mol. The smallest absolute Gasteiger partial charge is 0.264 e. The lowest BCUT2D eigenvalue weighted by Gasteiger charge is -2.26. The van der Waals surface area contributed by atoms with Crippen LogP contribution in [0.25, 0.3) is 0 Å². The Labute approximate surface area is 228 Å². The quantitative estimate of drug-likeness (QED) is 0.317. The number of hydrogen-bond donors (Lipinski definition) is 2. The average Bonchev–Trinajstić information content (AvgIpc) is 2.93. The summed E-state index contributed by atoms with van der Waals surface area (Å²) < 4.78 is 28.6. The lowest BCUT2D eigenvalue weighted by atomic mass is 10.1. The topological polar surface area (TPSA) is 108 Å². The van der Waals surface area contributed by atoms with Gasteiger partial charge in [-0.2, -0.15) is 0 Å². The van der Waals surface area contributed by atoms with Crippen LogP contribution in [0.15, 0.2) is 96.2 Å². The fourth-order valence-corrected chi connectivity index (χ4v) is 5.51. The summed E-state index contributed by atoms with van der Waals surface area (Å²) in [5, 5.41) is 5.56. The molecule has 3 aromatic carbocycles. The molecule has 1 aromatic heterocycles. The number of anilines is 2. The second-order valence-corrected chi connectivity index (χ2v) is 11.0. The molecule has 4 rings (SSSR count). The Bertz CT molecular complexity index is 1590. The maximum absolute atomic E-state index is 13.8. The number of aryl methyl sites for hydroxylation is 2. The summed E-state index contributed by atoms with van der Waals surface area (Å²) in [5.74, 6) is -0.965. The fourth-order valence-electron chi connectivity index (χ4n) is 4.03. The molecule has 0 radical (unpaired) electrons. The van der Waals surface area contributed by atoms with Crippen LogP contribution in [0.2, 0.25) is 0 Å². The van der Waals surface area contributed by atoms with E-state index in [0.717, 1.165) is 26.6 Å². The summed E-state index contributed by atoms with van der Waals surface area (Å²) in [5.41, 5.74) is 4.34. The van der Waals surface area contributed by atoms with Gasteiger partial charge in [-0.25, -0.2) is 8.42 Å². The van der Waals surface area contributed by atoms with Crippen LogP contribution in [-0.2, 0) is 21.4 Å². The molecule has 9 heteroatoms. The summed E-state index contributed by atoms with van der Waals surface area (Å²) in [6, 6.07) is 22.0. The summed E-state index contributed by atoms with van der Waals surface area (Å²) >= 11 is 0. The third-order valence-corrected chi connectivity index (χ3v) is 8.14. The molecule has 39 heavy (non-hydrogen) atoms. The van der Waals surface area contributed by atoms with Gasteiger partial charge in [-0.1, -0.05) is 48.0 Å². The van der Waals surface area contributed by atoms with Crippen LogP contribution in [0.4, 0.5) is 11.4 Å². The molecule has 0 aliphatic carbocycles. The van der Waals surface area contributed by atoms with Crippen molar-refractivity contribution in [1.82, 2.24) is 10.3 Å². The van der Waals surface area contributed by atoms with Gasteiger partial charge in [-0.05, 0) is 73.9 Å². The zero-order chi connectivity index (χ0) is 28.0. The largest absolute Gasteiger partial charge is 0.348 e. The van der Waals surface area contributed by atoms with Gasteiger partial charge in [0.25, 0.3) is 15.9 Å². The zero-order valence-electron chi connectivity index (χ0n) is 22.0. The molecule has 1 heterocycles. The van der Waals surface area contributed by atoms with Gasteiger partial charge >= 0.3 is 0 Å². The van der Waals surface area contributed by atoms with Crippen LogP contribution >= 0.6 is 0 Å². The molecule has 0 bridgehead atoms. The first-order chi connectivity index (χ1) is 18.7. The van der Waals surface area contributed by atoms with Crippen molar-refractivity contribution in [2.24, 2.45) is 0 Å². The normalized spacial score (nSPS) is 11.1. The van der Waals surface area contributed by atoms with Crippen LogP contribution in [0.1, 0.15) is 32.6 Å². The number of nitrogens with zero attached hydrogens (tertiary/aromatic N) is 2. The molecule has 2 amide bonds. The number of aromatic nitrogens is 1. The summed E-state index contributed by atoms with van der Waals surface area (Å²) in [6.07, 6.45) is 3.31. The van der Waals surface area contributed by atoms with E-state index in [4.69, 9.17) is 0 Å². The van der Waals surface area contributed by atoms with E-state index >= 15 is 0 Å². The predicted octanol–water partition coefficient (Wildman–Crippen LogP) is 4.77. The molecule has 8 nitrogen and oxygen atoms in total. The molecule has 200 valence electrons. The lowest BCUT2D eigenvalue weighted by molar-refractivity contribution is -0.114. The minimum atomic E-state index is -4.08. The van der Waals surface area contributed by atoms with E-state index in [1.54, 1.807) is 67.0 Å². The molecular formula is C30H30N4O4S. The number of benzene rings is 3. The highest BCUT2D eigenvalue weighted by Gasteiger charge is 2.29. The standard InChI is InChI=1S/C30H30N4O4S/c1-21-13-15-25(16-14-21)39(37,38)34(28-12-6-8-22(2)23(28)3)20-29(35)33-27-11-5-4-10-26(27)30(36)32-19-24-9-7-17-31-18-24/h4-18H,19-20H2,1-3H3,(H,32,36)(H,33,35). The van der Waals surface area contributed by atoms with E-state index in [2.05, 4.69) is 15.6 Å². The Kier molecular flexibility index (Phi) is 8.41. The Balaban J connectivity index is 1.60. The van der Waals surface area contributed by atoms with Crippen molar-refractivity contribution in [2.45, 2.75) is 32.2 Å². The average molecular weight is 543 g/mol. The minimum Gasteiger partial charge on any atom is -0.348 e. The second-order valence-electron chi connectivity index (χ2n) is 9.18. The Morgan fingerprint density at radius 1 is 0.872 bits per heavy atom. The maximum Gasteiger partial charge on any atom is 0.264 e. The summed E-state index contributed by atoms with van der Waals surface area (Å²) in [4.78, 5) is 30.4. The van der Waals surface area contributed by atoms with Crippen LogP contribution in [0.3, 0.4) is 0 Å². The molecule has 2 N–H and O–H groups in total. The molecule has 0 aliphatic heterocycles. The van der Waals surface area contributed by atoms with Crippen molar-refractivity contribution >= 4 is 33.2 Å². The molecule has 4 aromatic rings. The van der Waals surface area contributed by atoms with Gasteiger partial charge in [0, 0.05) is 18.9 Å². The van der Waals surface area contributed by atoms with Crippen LogP contribution in [0.5, 0.6) is 0 Å². The molecule has 0 unspecified atom stereocenters. The molecule has 0 spiro atoms. The van der Waals surface area contributed by atoms with Crippen molar-refractivity contribution < 1.29 is 18.0 Å². The van der Waals surface area contributed by atoms with E-state index in [1.807, 2.05) is 32.9 Å². The number of sulfonamides is 1. The second kappa shape index (κ2) is 11.9. The summed E-state index contributed by atoms with van der Waals surface area (Å²) in [6.45, 7) is 5.37. The Morgan fingerprint density at radius 2 is 1.62 bits per heavy atom. The van der Waals surface area contributed by atoms with Crippen molar-refractivity contribution in [3.8, 4) is 0 Å². The summed E-state index contributed by atoms with van der Waals surface area (Å²) in [7, 11) is -4.08. The fraction of sp³-hybridized carbons (Fsp3) is 0.167. The van der Waals surface area contributed by atoms with Gasteiger partial charge in [-0.15, -0.1) is 0 Å². The number of carbonyl (C=O) groups is 2. The molecule has 0 saturated carbocycles. The van der Waals surface area contributed by atoms with E-state index in [1.165, 1.54) is 12.1 Å². The molecule has 0 saturated heterocycles. The highest BCUT2D eigenvalue weighted by molar-refractivity contribution is 7.92. The lowest BCUT2D eigenvalue weighted by Crippen LogP contribution is -2.39. The highest BCUT2D eigenvalue weighted by atomic mass is 32.2. The number of amides is 2. The minimum absolute atomic E-state index is 0.0805. The first-order valence-corrected chi connectivity index (χ1v) is 13.8. The van der Waals surface area contributed by atoms with Gasteiger partial charge in [0.1, 0.15) is 6.54 Å². The first-order valence-electron chi connectivity index (χ1n) is 12.4. The van der Waals surface area contributed by atoms with Crippen molar-refractivity contribution in [3.05, 3.63) is 119 Å². The van der Waals surface area contributed by atoms with Gasteiger partial charge in [0.15, 0.2) is 0 Å². The monoisotopic (exact) mass is 542 g/mol. The molecule has 0 aliphatic rings. The Hall–Kier alpha value is -4.50. The first kappa shape index (κ1) is 27.5. The van der Waals surface area contributed by atoms with Gasteiger partial charge in [-0.3, -0.25) is 18.9 Å². The number of carbonyl (C=O) groups excluding carboxylic acids is 2. The van der Waals surface area contributed by atoms with E-state index in [9.17, 15) is 18.0 Å². The third kappa shape index (κ3) is 6.50. The van der Waals surface area contributed by atoms with Crippen LogP contribution in [-0.4, -0.2) is 31.8 Å². The zero-order valence-corrected chi connectivity index (χ0v) is 22.8. The van der Waals surface area contributed by atoms with Gasteiger partial charge < -0.3 is 10.6 Å². The maximum atomic E-state index is 13.8. The van der Waals surface area contributed by atoms with Gasteiger partial charge in [0.2, 0.25) is 5.91 Å². The van der Waals surface area contributed by atoms with Crippen molar-refractivity contribution in [2.75, 3.05) is 16.2 Å². The number of rotatable bonds is 9. The van der Waals surface area contributed by atoms with Gasteiger partial charge in [0.05, 0.1) is 21.8 Å². The molecule has 0 atom stereocenters. The van der Waals surface area contributed by atoms with Crippen LogP contribution < -0.4 is 14.9 Å². The molecule has 0 fully saturated rings.